The Kier molecular flexibility index (Phi) is 5.05. The largest absolute Gasteiger partial charge is 0.507 e. The van der Waals surface area contributed by atoms with E-state index < -0.39 is 17.7 Å². The number of carbonyl (C=O) groups excluding carboxylic acids is 2. The first-order valence-corrected chi connectivity index (χ1v) is 9.32. The Bertz CT molecular complexity index is 1130. The van der Waals surface area contributed by atoms with E-state index in [2.05, 4.69) is 9.97 Å². The highest BCUT2D eigenvalue weighted by Gasteiger charge is 2.47. The average molecular weight is 426 g/mol. The Balaban J connectivity index is 1.97. The van der Waals surface area contributed by atoms with Crippen LogP contribution in [0.15, 0.2) is 72.7 Å². The van der Waals surface area contributed by atoms with Crippen LogP contribution in [0.2, 0.25) is 10.0 Å². The molecule has 2 aromatic carbocycles. The lowest BCUT2D eigenvalue weighted by molar-refractivity contribution is -0.132. The van der Waals surface area contributed by atoms with Crippen LogP contribution in [-0.4, -0.2) is 26.8 Å². The molecule has 0 saturated carbocycles. The van der Waals surface area contributed by atoms with Gasteiger partial charge in [0.1, 0.15) is 5.76 Å². The molecule has 0 radical (unpaired) electrons. The number of rotatable bonds is 3. The van der Waals surface area contributed by atoms with E-state index >= 15 is 0 Å². The lowest BCUT2D eigenvalue weighted by atomic mass is 9.95. The molecular formula is C21H13Cl2N3O3. The van der Waals surface area contributed by atoms with Gasteiger partial charge in [-0.2, -0.15) is 0 Å². The number of hydrogen-bond donors (Lipinski definition) is 1. The zero-order valence-corrected chi connectivity index (χ0v) is 16.3. The van der Waals surface area contributed by atoms with Gasteiger partial charge in [-0.25, -0.2) is 4.98 Å². The van der Waals surface area contributed by atoms with Crippen LogP contribution in [0.5, 0.6) is 0 Å². The summed E-state index contributed by atoms with van der Waals surface area (Å²) in [5.74, 6) is -1.83. The van der Waals surface area contributed by atoms with Crippen LogP contribution in [0.1, 0.15) is 17.2 Å². The van der Waals surface area contributed by atoms with Crippen LogP contribution in [0.3, 0.4) is 0 Å². The average Bonchev–Trinajstić information content (AvgIpc) is 3.00. The van der Waals surface area contributed by atoms with E-state index in [1.807, 2.05) is 0 Å². The zero-order valence-electron chi connectivity index (χ0n) is 14.8. The van der Waals surface area contributed by atoms with Gasteiger partial charge in [-0.05, 0) is 29.8 Å². The van der Waals surface area contributed by atoms with Gasteiger partial charge in [0.15, 0.2) is 5.82 Å². The number of aliphatic hydroxyl groups excluding tert-OH is 1. The number of nitrogens with zero attached hydrogens (tertiary/aromatic N) is 3. The second-order valence-corrected chi connectivity index (χ2v) is 7.11. The van der Waals surface area contributed by atoms with E-state index in [9.17, 15) is 14.7 Å². The van der Waals surface area contributed by atoms with Crippen molar-refractivity contribution < 1.29 is 14.7 Å². The van der Waals surface area contributed by atoms with Crippen LogP contribution >= 0.6 is 23.2 Å². The molecule has 0 spiro atoms. The predicted molar refractivity (Wildman–Crippen MR) is 110 cm³/mol. The molecule has 1 aromatic heterocycles. The van der Waals surface area contributed by atoms with Crippen LogP contribution in [0, 0.1) is 0 Å². The first kappa shape index (κ1) is 19.1. The van der Waals surface area contributed by atoms with Crippen molar-refractivity contribution in [3.63, 3.8) is 0 Å². The van der Waals surface area contributed by atoms with Gasteiger partial charge in [-0.3, -0.25) is 19.5 Å². The van der Waals surface area contributed by atoms with Gasteiger partial charge in [0, 0.05) is 23.0 Å². The van der Waals surface area contributed by atoms with Crippen molar-refractivity contribution in [3.8, 4) is 0 Å². The highest BCUT2D eigenvalue weighted by molar-refractivity contribution is 6.51. The number of benzene rings is 2. The third kappa shape index (κ3) is 3.37. The molecular weight excluding hydrogens is 413 g/mol. The molecule has 3 aromatic rings. The fourth-order valence-electron chi connectivity index (χ4n) is 3.24. The van der Waals surface area contributed by atoms with Crippen molar-refractivity contribution in [1.82, 2.24) is 9.97 Å². The summed E-state index contributed by atoms with van der Waals surface area (Å²) in [5, 5.41) is 11.7. The van der Waals surface area contributed by atoms with E-state index in [0.717, 1.165) is 0 Å². The maximum Gasteiger partial charge on any atom is 0.301 e. The summed E-state index contributed by atoms with van der Waals surface area (Å²) in [6.45, 7) is 0. The van der Waals surface area contributed by atoms with E-state index in [4.69, 9.17) is 23.2 Å². The molecule has 6 nitrogen and oxygen atoms in total. The topological polar surface area (TPSA) is 83.4 Å². The standard InChI is InChI=1S/C21H13Cl2N3O3/c22-13-7-5-12(6-8-13)18-17(19(27)14-3-1-2-4-15(14)23)20(28)21(29)26(18)16-11-24-9-10-25-16/h1-11,18,27H/b19-17-. The Labute approximate surface area is 176 Å². The number of aromatic nitrogens is 2. The molecule has 0 bridgehead atoms. The smallest absolute Gasteiger partial charge is 0.301 e. The number of halogens is 2. The summed E-state index contributed by atoms with van der Waals surface area (Å²) in [4.78, 5) is 35.2. The van der Waals surface area contributed by atoms with Crippen molar-refractivity contribution >= 4 is 46.5 Å². The van der Waals surface area contributed by atoms with Crippen molar-refractivity contribution in [2.45, 2.75) is 6.04 Å². The van der Waals surface area contributed by atoms with Gasteiger partial charge >= 0.3 is 5.91 Å². The number of ketones is 1. The molecule has 29 heavy (non-hydrogen) atoms. The molecule has 0 aliphatic carbocycles. The monoisotopic (exact) mass is 425 g/mol. The fourth-order valence-corrected chi connectivity index (χ4v) is 3.59. The van der Waals surface area contributed by atoms with Crippen molar-refractivity contribution in [3.05, 3.63) is 93.9 Å². The van der Waals surface area contributed by atoms with Crippen LogP contribution in [0.25, 0.3) is 5.76 Å². The number of Topliss-reactive ketones (excluding diaryl/α,β-unsaturated/α-hetero) is 1. The summed E-state index contributed by atoms with van der Waals surface area (Å²) in [7, 11) is 0. The highest BCUT2D eigenvalue weighted by atomic mass is 35.5. The molecule has 1 saturated heterocycles. The molecule has 1 aliphatic heterocycles. The molecule has 1 atom stereocenters. The SMILES string of the molecule is O=C1C(=O)N(c2cnccn2)C(c2ccc(Cl)cc2)/C1=C(/O)c1ccccc1Cl. The third-order valence-electron chi connectivity index (χ3n) is 4.56. The molecule has 1 unspecified atom stereocenters. The summed E-state index contributed by atoms with van der Waals surface area (Å²) in [6.07, 6.45) is 4.26. The fraction of sp³-hybridized carbons (Fsp3) is 0.0476. The van der Waals surface area contributed by atoms with E-state index in [0.29, 0.717) is 10.6 Å². The summed E-state index contributed by atoms with van der Waals surface area (Å²) < 4.78 is 0. The first-order valence-electron chi connectivity index (χ1n) is 8.56. The number of amides is 1. The second-order valence-electron chi connectivity index (χ2n) is 6.26. The van der Waals surface area contributed by atoms with Crippen molar-refractivity contribution in [2.75, 3.05) is 4.90 Å². The van der Waals surface area contributed by atoms with E-state index in [-0.39, 0.29) is 27.7 Å². The van der Waals surface area contributed by atoms with Gasteiger partial charge in [0.25, 0.3) is 5.78 Å². The summed E-state index contributed by atoms with van der Waals surface area (Å²) >= 11 is 12.2. The summed E-state index contributed by atoms with van der Waals surface area (Å²) in [5.41, 5.74) is 0.745. The number of aliphatic hydroxyl groups is 1. The maximum absolute atomic E-state index is 12.9. The number of anilines is 1. The lowest BCUT2D eigenvalue weighted by Crippen LogP contribution is -2.30. The number of hydrogen-bond acceptors (Lipinski definition) is 5. The lowest BCUT2D eigenvalue weighted by Gasteiger charge is -2.24. The number of carbonyl (C=O) groups is 2. The molecule has 1 N–H and O–H groups in total. The second kappa shape index (κ2) is 7.66. The molecule has 2 heterocycles. The third-order valence-corrected chi connectivity index (χ3v) is 5.14. The van der Waals surface area contributed by atoms with Gasteiger partial charge < -0.3 is 5.11 Å². The Morgan fingerprint density at radius 3 is 2.38 bits per heavy atom. The van der Waals surface area contributed by atoms with Gasteiger partial charge in [-0.15, -0.1) is 0 Å². The van der Waals surface area contributed by atoms with Crippen molar-refractivity contribution in [2.24, 2.45) is 0 Å². The minimum absolute atomic E-state index is 0.0870. The highest BCUT2D eigenvalue weighted by Crippen LogP contribution is 2.42. The Morgan fingerprint density at radius 1 is 1.00 bits per heavy atom. The Morgan fingerprint density at radius 2 is 1.72 bits per heavy atom. The quantitative estimate of drug-likeness (QED) is 0.381. The van der Waals surface area contributed by atoms with Crippen LogP contribution < -0.4 is 4.90 Å². The van der Waals surface area contributed by atoms with Crippen LogP contribution in [-0.2, 0) is 9.59 Å². The molecule has 144 valence electrons. The maximum atomic E-state index is 12.9. The van der Waals surface area contributed by atoms with Gasteiger partial charge in [-0.1, -0.05) is 47.5 Å². The molecule has 8 heteroatoms. The minimum Gasteiger partial charge on any atom is -0.507 e. The Hall–Kier alpha value is -3.22. The minimum atomic E-state index is -0.916. The van der Waals surface area contributed by atoms with Crippen LogP contribution in [0.4, 0.5) is 5.82 Å². The van der Waals surface area contributed by atoms with Gasteiger partial charge in [0.2, 0.25) is 0 Å². The molecule has 1 aliphatic rings. The predicted octanol–water partition coefficient (Wildman–Crippen LogP) is 4.41. The molecule has 1 fully saturated rings. The normalized spacial score (nSPS) is 18.3. The van der Waals surface area contributed by atoms with Gasteiger partial charge in [0.05, 0.1) is 22.8 Å². The zero-order chi connectivity index (χ0) is 20.5. The van der Waals surface area contributed by atoms with E-state index in [1.165, 1.54) is 23.5 Å². The summed E-state index contributed by atoms with van der Waals surface area (Å²) in [6, 6.07) is 12.3. The molecule has 4 rings (SSSR count). The van der Waals surface area contributed by atoms with E-state index in [1.54, 1.807) is 48.5 Å². The molecule has 1 amide bonds. The van der Waals surface area contributed by atoms with Crippen molar-refractivity contribution in [1.29, 1.82) is 0 Å². The first-order chi connectivity index (χ1) is 14.0.